The van der Waals surface area contributed by atoms with Crippen molar-refractivity contribution in [3.05, 3.63) is 82.9 Å². The van der Waals surface area contributed by atoms with Gasteiger partial charge in [0.05, 0.1) is 24.8 Å². The van der Waals surface area contributed by atoms with Crippen LogP contribution in [0.1, 0.15) is 38.8 Å². The molecule has 3 rings (SSSR count). The maximum absolute atomic E-state index is 14.1. The monoisotopic (exact) mass is 615 g/mol. The highest BCUT2D eigenvalue weighted by molar-refractivity contribution is 7.92. The molecule has 0 aromatic heterocycles. The normalized spacial score (nSPS) is 12.3. The van der Waals surface area contributed by atoms with Crippen molar-refractivity contribution in [2.45, 2.75) is 57.6 Å². The molecular weight excluding hydrogens is 578 g/mol. The van der Waals surface area contributed by atoms with Crippen LogP contribution in [0.3, 0.4) is 0 Å². The summed E-state index contributed by atoms with van der Waals surface area (Å²) in [7, 11) is -1.45. The van der Waals surface area contributed by atoms with Crippen LogP contribution in [0, 0.1) is 6.92 Å². The Bertz CT molecular complexity index is 1520. The molecule has 11 heteroatoms. The molecule has 0 aliphatic carbocycles. The predicted molar refractivity (Wildman–Crippen MR) is 165 cm³/mol. The van der Waals surface area contributed by atoms with E-state index in [1.807, 2.05) is 52.0 Å². The van der Waals surface area contributed by atoms with Gasteiger partial charge in [-0.05, 0) is 76.6 Å². The summed E-state index contributed by atoms with van der Waals surface area (Å²) >= 11 is 6.09. The SMILES string of the molecule is COc1ccc(S(=O)(=O)N(CC(=O)N(Cc2cccc(C)c2)[C@@H](C)C(=O)NC(C)(C)C)c2ccc(Cl)cc2)cc1OC. The lowest BCUT2D eigenvalue weighted by molar-refractivity contribution is -0.140. The standard InChI is InChI=1S/C31H38ClN3O6S/c1-21-9-8-10-23(17-21)19-34(22(2)30(37)33-31(3,4)5)29(36)20-35(25-13-11-24(32)12-14-25)42(38,39)26-15-16-27(40-6)28(18-26)41-7/h8-18,22H,19-20H2,1-7H3,(H,33,37)/t22-/m0/s1. The Hall–Kier alpha value is -3.76. The molecule has 0 saturated carbocycles. The molecular formula is C31H38ClN3O6S. The first-order chi connectivity index (χ1) is 19.7. The summed E-state index contributed by atoms with van der Waals surface area (Å²) in [5.41, 5.74) is 1.49. The van der Waals surface area contributed by atoms with E-state index in [0.29, 0.717) is 10.8 Å². The van der Waals surface area contributed by atoms with Crippen LogP contribution in [0.5, 0.6) is 11.5 Å². The third kappa shape index (κ3) is 8.17. The molecule has 3 aromatic carbocycles. The number of benzene rings is 3. The number of methoxy groups -OCH3 is 2. The van der Waals surface area contributed by atoms with Gasteiger partial charge >= 0.3 is 0 Å². The lowest BCUT2D eigenvalue weighted by Gasteiger charge is -2.33. The molecule has 0 radical (unpaired) electrons. The van der Waals surface area contributed by atoms with Crippen LogP contribution >= 0.6 is 11.6 Å². The molecule has 9 nitrogen and oxygen atoms in total. The second kappa shape index (κ2) is 13.5. The summed E-state index contributed by atoms with van der Waals surface area (Å²) in [6.45, 7) is 8.64. The first-order valence-corrected chi connectivity index (χ1v) is 15.2. The minimum Gasteiger partial charge on any atom is -0.493 e. The molecule has 1 atom stereocenters. The van der Waals surface area contributed by atoms with Crippen LogP contribution in [0.4, 0.5) is 5.69 Å². The van der Waals surface area contributed by atoms with Crippen molar-refractivity contribution in [1.29, 1.82) is 0 Å². The Morgan fingerprint density at radius 3 is 2.17 bits per heavy atom. The number of nitrogens with one attached hydrogen (secondary N) is 1. The fourth-order valence-corrected chi connectivity index (χ4v) is 5.86. The zero-order valence-corrected chi connectivity index (χ0v) is 26.5. The lowest BCUT2D eigenvalue weighted by atomic mass is 10.1. The summed E-state index contributed by atoms with van der Waals surface area (Å²) in [4.78, 5) is 28.6. The van der Waals surface area contributed by atoms with Crippen molar-refractivity contribution in [1.82, 2.24) is 10.2 Å². The Balaban J connectivity index is 2.08. The summed E-state index contributed by atoms with van der Waals surface area (Å²) in [6.07, 6.45) is 0. The van der Waals surface area contributed by atoms with E-state index in [1.165, 1.54) is 49.5 Å². The number of halogens is 1. The van der Waals surface area contributed by atoms with E-state index in [4.69, 9.17) is 21.1 Å². The quantitative estimate of drug-likeness (QED) is 0.318. The molecule has 0 saturated heterocycles. The summed E-state index contributed by atoms with van der Waals surface area (Å²) in [5.74, 6) is -0.348. The average molecular weight is 616 g/mol. The largest absolute Gasteiger partial charge is 0.493 e. The number of anilines is 1. The van der Waals surface area contributed by atoms with Gasteiger partial charge in [-0.25, -0.2) is 8.42 Å². The number of carbonyl (C=O) groups is 2. The Labute approximate surface area is 253 Å². The van der Waals surface area contributed by atoms with Crippen LogP contribution in [-0.4, -0.2) is 57.5 Å². The number of hydrogen-bond donors (Lipinski definition) is 1. The zero-order valence-electron chi connectivity index (χ0n) is 25.0. The highest BCUT2D eigenvalue weighted by Gasteiger charge is 2.33. The number of ether oxygens (including phenoxy) is 2. The average Bonchev–Trinajstić information content (AvgIpc) is 2.93. The smallest absolute Gasteiger partial charge is 0.264 e. The third-order valence-corrected chi connectivity index (χ3v) is 8.46. The maximum atomic E-state index is 14.1. The second-order valence-electron chi connectivity index (χ2n) is 10.9. The van der Waals surface area contributed by atoms with Crippen molar-refractivity contribution in [3.8, 4) is 11.5 Å². The van der Waals surface area contributed by atoms with E-state index in [9.17, 15) is 18.0 Å². The minimum atomic E-state index is -4.30. The first-order valence-electron chi connectivity index (χ1n) is 13.3. The van der Waals surface area contributed by atoms with E-state index in [-0.39, 0.29) is 28.8 Å². The van der Waals surface area contributed by atoms with Crippen LogP contribution in [0.25, 0.3) is 0 Å². The molecule has 0 aliphatic heterocycles. The topological polar surface area (TPSA) is 105 Å². The van der Waals surface area contributed by atoms with Gasteiger partial charge < -0.3 is 19.7 Å². The van der Waals surface area contributed by atoms with Crippen molar-refractivity contribution < 1.29 is 27.5 Å². The maximum Gasteiger partial charge on any atom is 0.264 e. The lowest BCUT2D eigenvalue weighted by Crippen LogP contribution is -2.54. The second-order valence-corrected chi connectivity index (χ2v) is 13.2. The van der Waals surface area contributed by atoms with Gasteiger partial charge in [0.25, 0.3) is 10.0 Å². The first kappa shape index (κ1) is 32.8. The number of nitrogens with zero attached hydrogens (tertiary/aromatic N) is 2. The number of sulfonamides is 1. The molecule has 0 spiro atoms. The molecule has 0 fully saturated rings. The molecule has 0 heterocycles. The molecule has 0 aliphatic rings. The van der Waals surface area contributed by atoms with Crippen LogP contribution in [0.15, 0.2) is 71.6 Å². The van der Waals surface area contributed by atoms with Crippen molar-refractivity contribution in [2.75, 3.05) is 25.1 Å². The Morgan fingerprint density at radius 2 is 1.60 bits per heavy atom. The van der Waals surface area contributed by atoms with Gasteiger partial charge in [-0.3, -0.25) is 13.9 Å². The number of amides is 2. The van der Waals surface area contributed by atoms with E-state index in [2.05, 4.69) is 5.32 Å². The van der Waals surface area contributed by atoms with Gasteiger partial charge in [-0.1, -0.05) is 41.4 Å². The number of rotatable bonds is 11. The van der Waals surface area contributed by atoms with E-state index >= 15 is 0 Å². The molecule has 2 amide bonds. The number of aryl methyl sites for hydroxylation is 1. The molecule has 0 bridgehead atoms. The van der Waals surface area contributed by atoms with E-state index in [0.717, 1.165) is 15.4 Å². The summed E-state index contributed by atoms with van der Waals surface area (Å²) in [6, 6.07) is 17.0. The Kier molecular flexibility index (Phi) is 10.5. The van der Waals surface area contributed by atoms with E-state index in [1.54, 1.807) is 19.1 Å². The van der Waals surface area contributed by atoms with Gasteiger partial charge in [0, 0.05) is 23.2 Å². The van der Waals surface area contributed by atoms with Crippen molar-refractivity contribution >= 4 is 39.1 Å². The van der Waals surface area contributed by atoms with Gasteiger partial charge in [0.2, 0.25) is 11.8 Å². The molecule has 3 aromatic rings. The summed E-state index contributed by atoms with van der Waals surface area (Å²) < 4.78 is 39.8. The molecule has 42 heavy (non-hydrogen) atoms. The number of hydrogen-bond acceptors (Lipinski definition) is 6. The predicted octanol–water partition coefficient (Wildman–Crippen LogP) is 5.19. The van der Waals surface area contributed by atoms with Crippen molar-refractivity contribution in [2.24, 2.45) is 0 Å². The van der Waals surface area contributed by atoms with Gasteiger partial charge in [0.1, 0.15) is 12.6 Å². The van der Waals surface area contributed by atoms with Gasteiger partial charge in [-0.2, -0.15) is 0 Å². The highest BCUT2D eigenvalue weighted by Crippen LogP contribution is 2.32. The molecule has 226 valence electrons. The van der Waals surface area contributed by atoms with Crippen LogP contribution < -0.4 is 19.1 Å². The molecule has 1 N–H and O–H groups in total. The Morgan fingerprint density at radius 1 is 0.952 bits per heavy atom. The third-order valence-electron chi connectivity index (χ3n) is 6.44. The van der Waals surface area contributed by atoms with Crippen LogP contribution in [0.2, 0.25) is 5.02 Å². The zero-order chi connectivity index (χ0) is 31.2. The van der Waals surface area contributed by atoms with Gasteiger partial charge in [-0.15, -0.1) is 0 Å². The van der Waals surface area contributed by atoms with Gasteiger partial charge in [0.15, 0.2) is 11.5 Å². The van der Waals surface area contributed by atoms with E-state index < -0.39 is 34.1 Å². The minimum absolute atomic E-state index is 0.101. The molecule has 0 unspecified atom stereocenters. The number of carbonyl (C=O) groups excluding carboxylic acids is 2. The fraction of sp³-hybridized carbons (Fsp3) is 0.355. The highest BCUT2D eigenvalue weighted by atomic mass is 35.5. The fourth-order valence-electron chi connectivity index (χ4n) is 4.30. The van der Waals surface area contributed by atoms with Crippen molar-refractivity contribution in [3.63, 3.8) is 0 Å². The van der Waals surface area contributed by atoms with Crippen LogP contribution in [-0.2, 0) is 26.2 Å². The summed E-state index contributed by atoms with van der Waals surface area (Å²) in [5, 5.41) is 3.32.